The molecular formula is C17H24N2O3. The maximum absolute atomic E-state index is 12.7. The van der Waals surface area contributed by atoms with Gasteiger partial charge in [0.05, 0.1) is 17.7 Å². The summed E-state index contributed by atoms with van der Waals surface area (Å²) >= 11 is 0. The number of likely N-dealkylation sites (tertiary alicyclic amines) is 2. The Balaban J connectivity index is 1.63. The Kier molecular flexibility index (Phi) is 3.98. The molecule has 0 saturated carbocycles. The van der Waals surface area contributed by atoms with Crippen molar-refractivity contribution in [2.45, 2.75) is 33.1 Å². The van der Waals surface area contributed by atoms with E-state index < -0.39 is 0 Å². The van der Waals surface area contributed by atoms with Gasteiger partial charge >= 0.3 is 0 Å². The molecule has 0 aromatic carbocycles. The minimum atomic E-state index is -0.0569. The zero-order valence-electron chi connectivity index (χ0n) is 13.4. The number of furan rings is 1. The summed E-state index contributed by atoms with van der Waals surface area (Å²) in [4.78, 5) is 28.9. The largest absolute Gasteiger partial charge is 0.472 e. The maximum atomic E-state index is 12.7. The average Bonchev–Trinajstić information content (AvgIpc) is 3.15. The summed E-state index contributed by atoms with van der Waals surface area (Å²) in [5.41, 5.74) is 0.784. The number of hydrogen-bond donors (Lipinski definition) is 0. The number of carbonyl (C=O) groups is 2. The van der Waals surface area contributed by atoms with Crippen molar-refractivity contribution < 1.29 is 14.0 Å². The fourth-order valence-electron chi connectivity index (χ4n) is 3.49. The molecule has 0 bridgehead atoms. The van der Waals surface area contributed by atoms with Crippen LogP contribution in [0.5, 0.6) is 0 Å². The van der Waals surface area contributed by atoms with E-state index in [1.165, 1.54) is 12.5 Å². The smallest absolute Gasteiger partial charge is 0.257 e. The van der Waals surface area contributed by atoms with Crippen LogP contribution in [0.2, 0.25) is 0 Å². The van der Waals surface area contributed by atoms with Gasteiger partial charge in [0.2, 0.25) is 5.91 Å². The predicted octanol–water partition coefficient (Wildman–Crippen LogP) is 2.39. The van der Waals surface area contributed by atoms with Crippen molar-refractivity contribution in [3.63, 3.8) is 0 Å². The fourth-order valence-corrected chi connectivity index (χ4v) is 3.49. The third-order valence-electron chi connectivity index (χ3n) is 4.82. The molecule has 0 aliphatic carbocycles. The van der Waals surface area contributed by atoms with Crippen molar-refractivity contribution in [2.24, 2.45) is 11.3 Å². The summed E-state index contributed by atoms with van der Waals surface area (Å²) in [7, 11) is 0. The van der Waals surface area contributed by atoms with Crippen LogP contribution in [0.1, 0.15) is 43.5 Å². The molecule has 1 aromatic heterocycles. The zero-order valence-corrected chi connectivity index (χ0v) is 13.4. The van der Waals surface area contributed by atoms with E-state index in [1.54, 1.807) is 11.0 Å². The van der Waals surface area contributed by atoms with Crippen LogP contribution in [0.25, 0.3) is 0 Å². The monoisotopic (exact) mass is 304 g/mol. The lowest BCUT2D eigenvalue weighted by Gasteiger charge is -2.34. The van der Waals surface area contributed by atoms with E-state index in [2.05, 4.69) is 13.8 Å². The highest BCUT2D eigenvalue weighted by Crippen LogP contribution is 2.31. The first-order chi connectivity index (χ1) is 10.5. The molecule has 1 unspecified atom stereocenters. The Labute approximate surface area is 131 Å². The first-order valence-corrected chi connectivity index (χ1v) is 8.06. The van der Waals surface area contributed by atoms with Gasteiger partial charge in [-0.2, -0.15) is 0 Å². The third-order valence-corrected chi connectivity index (χ3v) is 4.82. The van der Waals surface area contributed by atoms with Gasteiger partial charge in [-0.1, -0.05) is 13.8 Å². The maximum Gasteiger partial charge on any atom is 0.257 e. The highest BCUT2D eigenvalue weighted by molar-refractivity contribution is 5.94. The van der Waals surface area contributed by atoms with Crippen LogP contribution < -0.4 is 0 Å². The van der Waals surface area contributed by atoms with Gasteiger partial charge in [-0.3, -0.25) is 9.59 Å². The Morgan fingerprint density at radius 1 is 1.27 bits per heavy atom. The van der Waals surface area contributed by atoms with Gasteiger partial charge in [0.25, 0.3) is 5.91 Å². The minimum Gasteiger partial charge on any atom is -0.472 e. The van der Waals surface area contributed by atoms with Crippen LogP contribution in [-0.4, -0.2) is 47.8 Å². The summed E-state index contributed by atoms with van der Waals surface area (Å²) in [6, 6.07) is 1.68. The molecule has 3 rings (SSSR count). The predicted molar refractivity (Wildman–Crippen MR) is 82.3 cm³/mol. The molecule has 5 nitrogen and oxygen atoms in total. The lowest BCUT2D eigenvalue weighted by molar-refractivity contribution is -0.136. The molecular weight excluding hydrogens is 280 g/mol. The Bertz CT molecular complexity index is 550. The first-order valence-electron chi connectivity index (χ1n) is 8.06. The van der Waals surface area contributed by atoms with Gasteiger partial charge in [-0.15, -0.1) is 0 Å². The summed E-state index contributed by atoms with van der Waals surface area (Å²) < 4.78 is 4.98. The van der Waals surface area contributed by atoms with Gasteiger partial charge in [0.1, 0.15) is 6.26 Å². The lowest BCUT2D eigenvalue weighted by Crippen LogP contribution is -2.46. The molecule has 3 heterocycles. The Morgan fingerprint density at radius 2 is 2.09 bits per heavy atom. The highest BCUT2D eigenvalue weighted by Gasteiger charge is 2.37. The van der Waals surface area contributed by atoms with Crippen molar-refractivity contribution in [1.29, 1.82) is 0 Å². The molecule has 1 atom stereocenters. The summed E-state index contributed by atoms with van der Waals surface area (Å²) in [5.74, 6) is 0.127. The molecule has 2 amide bonds. The summed E-state index contributed by atoms with van der Waals surface area (Å²) in [6.45, 7) is 7.33. The van der Waals surface area contributed by atoms with E-state index in [-0.39, 0.29) is 23.1 Å². The zero-order chi connectivity index (χ0) is 15.7. The average molecular weight is 304 g/mol. The van der Waals surface area contributed by atoms with E-state index >= 15 is 0 Å². The topological polar surface area (TPSA) is 53.8 Å². The van der Waals surface area contributed by atoms with Gasteiger partial charge in [-0.25, -0.2) is 0 Å². The molecule has 1 aromatic rings. The number of rotatable bonds is 2. The standard InChI is InChI=1S/C17H24N2O3/c1-17(2)6-8-19(12-17)15(20)13-4-3-7-18(10-13)16(21)14-5-9-22-11-14/h5,9,11,13H,3-4,6-8,10,12H2,1-2H3. The number of nitrogens with zero attached hydrogens (tertiary/aromatic N) is 2. The Hall–Kier alpha value is -1.78. The molecule has 120 valence electrons. The Morgan fingerprint density at radius 3 is 2.73 bits per heavy atom. The molecule has 2 saturated heterocycles. The van der Waals surface area contributed by atoms with Crippen LogP contribution >= 0.6 is 0 Å². The SMILES string of the molecule is CC1(C)CCN(C(=O)C2CCCN(C(=O)c3ccoc3)C2)C1. The van der Waals surface area contributed by atoms with Crippen LogP contribution in [0.15, 0.2) is 23.0 Å². The second-order valence-electron chi connectivity index (χ2n) is 7.28. The number of hydrogen-bond acceptors (Lipinski definition) is 3. The fraction of sp³-hybridized carbons (Fsp3) is 0.647. The number of piperidine rings is 1. The van der Waals surface area contributed by atoms with Crippen LogP contribution in [0.4, 0.5) is 0 Å². The third kappa shape index (κ3) is 3.03. The van der Waals surface area contributed by atoms with E-state index in [9.17, 15) is 9.59 Å². The van der Waals surface area contributed by atoms with Crippen molar-refractivity contribution in [3.05, 3.63) is 24.2 Å². The van der Waals surface area contributed by atoms with E-state index in [0.29, 0.717) is 12.1 Å². The quantitative estimate of drug-likeness (QED) is 0.843. The van der Waals surface area contributed by atoms with Gasteiger partial charge in [-0.05, 0) is 30.7 Å². The summed E-state index contributed by atoms with van der Waals surface area (Å²) in [5, 5.41) is 0. The second-order valence-corrected chi connectivity index (χ2v) is 7.28. The van der Waals surface area contributed by atoms with E-state index in [4.69, 9.17) is 4.42 Å². The molecule has 2 aliphatic heterocycles. The highest BCUT2D eigenvalue weighted by atomic mass is 16.3. The molecule has 0 spiro atoms. The number of carbonyl (C=O) groups excluding carboxylic acids is 2. The normalized spacial score (nSPS) is 24.5. The van der Waals surface area contributed by atoms with Crippen LogP contribution in [0.3, 0.4) is 0 Å². The van der Waals surface area contributed by atoms with E-state index in [1.807, 2.05) is 4.90 Å². The van der Waals surface area contributed by atoms with Crippen molar-refractivity contribution in [3.8, 4) is 0 Å². The molecule has 0 N–H and O–H groups in total. The molecule has 2 fully saturated rings. The van der Waals surface area contributed by atoms with E-state index in [0.717, 1.165) is 38.9 Å². The molecule has 0 radical (unpaired) electrons. The molecule has 22 heavy (non-hydrogen) atoms. The van der Waals surface area contributed by atoms with Gasteiger partial charge < -0.3 is 14.2 Å². The second kappa shape index (κ2) is 5.78. The van der Waals surface area contributed by atoms with Gasteiger partial charge in [0, 0.05) is 26.2 Å². The minimum absolute atomic E-state index is 0.0343. The van der Waals surface area contributed by atoms with Crippen molar-refractivity contribution in [1.82, 2.24) is 9.80 Å². The van der Waals surface area contributed by atoms with Gasteiger partial charge in [0.15, 0.2) is 0 Å². The van der Waals surface area contributed by atoms with Crippen LogP contribution in [-0.2, 0) is 4.79 Å². The number of amides is 2. The van der Waals surface area contributed by atoms with Crippen molar-refractivity contribution in [2.75, 3.05) is 26.2 Å². The lowest BCUT2D eigenvalue weighted by atomic mass is 9.93. The molecule has 5 heteroatoms. The summed E-state index contributed by atoms with van der Waals surface area (Å²) in [6.07, 6.45) is 5.80. The van der Waals surface area contributed by atoms with Crippen LogP contribution in [0, 0.1) is 11.3 Å². The molecule has 2 aliphatic rings. The first kappa shape index (κ1) is 15.1. The van der Waals surface area contributed by atoms with Crippen molar-refractivity contribution >= 4 is 11.8 Å².